The molecule has 0 aliphatic heterocycles. The van der Waals surface area contributed by atoms with Gasteiger partial charge in [-0.3, -0.25) is 14.9 Å². The van der Waals surface area contributed by atoms with Crippen LogP contribution in [0.15, 0.2) is 113 Å². The van der Waals surface area contributed by atoms with Crippen molar-refractivity contribution in [1.82, 2.24) is 0 Å². The van der Waals surface area contributed by atoms with E-state index >= 15 is 0 Å². The second-order valence-corrected chi connectivity index (χ2v) is 8.88. The van der Waals surface area contributed by atoms with Gasteiger partial charge in [-0.05, 0) is 40.3 Å². The Morgan fingerprint density at radius 1 is 0.889 bits per heavy atom. The summed E-state index contributed by atoms with van der Waals surface area (Å²) >= 11 is 0. The maximum atomic E-state index is 13.5. The van der Waals surface area contributed by atoms with Crippen LogP contribution in [-0.4, -0.2) is 21.5 Å². The molecule has 6 heteroatoms. The third-order valence-electron chi connectivity index (χ3n) is 6.57. The van der Waals surface area contributed by atoms with Crippen molar-refractivity contribution in [3.05, 3.63) is 130 Å². The van der Waals surface area contributed by atoms with Crippen molar-refractivity contribution in [3.8, 4) is 0 Å². The molecule has 1 unspecified atom stereocenters. The predicted molar refractivity (Wildman–Crippen MR) is 141 cm³/mol. The number of carbonyl (C=O) groups excluding carboxylic acids is 1. The van der Waals surface area contributed by atoms with Gasteiger partial charge in [0.2, 0.25) is 0 Å². The van der Waals surface area contributed by atoms with Crippen LogP contribution in [0.5, 0.6) is 0 Å². The number of ketones is 1. The molecule has 0 aromatic heterocycles. The van der Waals surface area contributed by atoms with E-state index in [1.165, 1.54) is 6.07 Å². The number of benzene rings is 4. The second-order valence-electron chi connectivity index (χ2n) is 8.88. The molecular formula is C30H24N2O4. The van der Waals surface area contributed by atoms with Crippen LogP contribution < -0.4 is 0 Å². The third-order valence-corrected chi connectivity index (χ3v) is 6.57. The van der Waals surface area contributed by atoms with Crippen molar-refractivity contribution in [2.45, 2.75) is 25.2 Å². The molecule has 0 heterocycles. The monoisotopic (exact) mass is 476 g/mol. The van der Waals surface area contributed by atoms with Crippen molar-refractivity contribution >= 4 is 33.6 Å². The van der Waals surface area contributed by atoms with Crippen molar-refractivity contribution in [3.63, 3.8) is 0 Å². The van der Waals surface area contributed by atoms with Crippen LogP contribution in [0.4, 0.5) is 11.4 Å². The van der Waals surface area contributed by atoms with E-state index in [0.717, 1.165) is 21.9 Å². The van der Waals surface area contributed by atoms with Crippen LogP contribution >= 0.6 is 0 Å². The lowest BCUT2D eigenvalue weighted by Gasteiger charge is -2.26. The van der Waals surface area contributed by atoms with Gasteiger partial charge in [0.1, 0.15) is 11.4 Å². The summed E-state index contributed by atoms with van der Waals surface area (Å²) in [5.41, 5.74) is 2.43. The van der Waals surface area contributed by atoms with Gasteiger partial charge in [0, 0.05) is 18.9 Å². The van der Waals surface area contributed by atoms with Crippen LogP contribution in [0.1, 0.15) is 29.9 Å². The zero-order chi connectivity index (χ0) is 25.1. The highest BCUT2D eigenvalue weighted by molar-refractivity contribution is 6.25. The SMILES string of the molecule is O=C1CC(c2ccccc2)CC(=Nc2ccccc2[N+](=O)[O-])/C1=C(\O)Cc1cccc2ccccc12. The molecule has 1 N–H and O–H groups in total. The van der Waals surface area contributed by atoms with Gasteiger partial charge in [-0.2, -0.15) is 0 Å². The fraction of sp³-hybridized carbons (Fsp3) is 0.133. The third kappa shape index (κ3) is 4.66. The van der Waals surface area contributed by atoms with E-state index in [0.29, 0.717) is 12.1 Å². The summed E-state index contributed by atoms with van der Waals surface area (Å²) in [6.07, 6.45) is 0.778. The molecule has 0 radical (unpaired) electrons. The first-order chi connectivity index (χ1) is 17.5. The van der Waals surface area contributed by atoms with Gasteiger partial charge in [-0.15, -0.1) is 0 Å². The Hall–Kier alpha value is -4.58. The van der Waals surface area contributed by atoms with Gasteiger partial charge in [0.15, 0.2) is 5.78 Å². The van der Waals surface area contributed by atoms with Crippen molar-refractivity contribution in [1.29, 1.82) is 0 Å². The average Bonchev–Trinajstić information content (AvgIpc) is 2.89. The van der Waals surface area contributed by atoms with Crippen LogP contribution in [0.3, 0.4) is 0 Å². The molecule has 1 fully saturated rings. The molecule has 0 saturated heterocycles. The maximum Gasteiger partial charge on any atom is 0.294 e. The highest BCUT2D eigenvalue weighted by atomic mass is 16.6. The highest BCUT2D eigenvalue weighted by Gasteiger charge is 2.33. The fourth-order valence-electron chi connectivity index (χ4n) is 4.86. The first-order valence-corrected chi connectivity index (χ1v) is 11.8. The minimum atomic E-state index is -0.488. The Labute approximate surface area is 208 Å². The lowest BCUT2D eigenvalue weighted by molar-refractivity contribution is -0.384. The molecular weight excluding hydrogens is 452 g/mol. The molecule has 4 aromatic carbocycles. The van der Waals surface area contributed by atoms with E-state index < -0.39 is 4.92 Å². The molecule has 4 aromatic rings. The summed E-state index contributed by atoms with van der Waals surface area (Å²) in [6, 6.07) is 29.6. The summed E-state index contributed by atoms with van der Waals surface area (Å²) in [5, 5.41) is 24.9. The number of rotatable bonds is 5. The van der Waals surface area contributed by atoms with Crippen molar-refractivity contribution in [2.24, 2.45) is 4.99 Å². The Balaban J connectivity index is 1.61. The number of nitro groups is 1. The number of hydrogen-bond acceptors (Lipinski definition) is 5. The standard InChI is InChI=1S/C30H24N2O4/c33-28(18-22-13-8-12-21-11-4-5-14-24(21)22)30-26(31-25-15-6-7-16-27(25)32(35)36)17-23(19-29(30)34)20-9-2-1-3-10-20/h1-16,23,33H,17-19H2/b30-28+,31-26?. The summed E-state index contributed by atoms with van der Waals surface area (Å²) in [4.78, 5) is 29.2. The van der Waals surface area contributed by atoms with Crippen LogP contribution in [0.25, 0.3) is 10.8 Å². The largest absolute Gasteiger partial charge is 0.511 e. The first kappa shape index (κ1) is 23.2. The number of nitro benzene ring substituents is 1. The van der Waals surface area contributed by atoms with Gasteiger partial charge < -0.3 is 5.11 Å². The van der Waals surface area contributed by atoms with Crippen LogP contribution in [0.2, 0.25) is 0 Å². The van der Waals surface area contributed by atoms with Gasteiger partial charge >= 0.3 is 0 Å². The molecule has 1 atom stereocenters. The lowest BCUT2D eigenvalue weighted by atomic mass is 9.78. The Kier molecular flexibility index (Phi) is 6.41. The van der Waals surface area contributed by atoms with Gasteiger partial charge in [-0.25, -0.2) is 4.99 Å². The molecule has 1 saturated carbocycles. The molecule has 5 rings (SSSR count). The summed E-state index contributed by atoms with van der Waals surface area (Å²) < 4.78 is 0. The maximum absolute atomic E-state index is 13.5. The minimum Gasteiger partial charge on any atom is -0.511 e. The number of para-hydroxylation sites is 2. The highest BCUT2D eigenvalue weighted by Crippen LogP contribution is 2.36. The number of aliphatic imine (C=N–C) groups is 1. The summed E-state index contributed by atoms with van der Waals surface area (Å²) in [5.74, 6) is -0.417. The molecule has 0 spiro atoms. The predicted octanol–water partition coefficient (Wildman–Crippen LogP) is 7.02. The normalized spacial score (nSPS) is 18.4. The summed E-state index contributed by atoms with van der Waals surface area (Å²) in [7, 11) is 0. The minimum absolute atomic E-state index is 0.0693. The number of Topliss-reactive ketones (excluding diaryl/α,β-unsaturated/α-hetero) is 1. The van der Waals surface area contributed by atoms with E-state index in [9.17, 15) is 20.0 Å². The Morgan fingerprint density at radius 3 is 2.39 bits per heavy atom. The quantitative estimate of drug-likeness (QED) is 0.145. The average molecular weight is 477 g/mol. The number of hydrogen-bond donors (Lipinski definition) is 1. The molecule has 178 valence electrons. The summed E-state index contributed by atoms with van der Waals surface area (Å²) in [6.45, 7) is 0. The van der Waals surface area contributed by atoms with Crippen LogP contribution in [-0.2, 0) is 11.2 Å². The molecule has 6 nitrogen and oxygen atoms in total. The first-order valence-electron chi connectivity index (χ1n) is 11.8. The topological polar surface area (TPSA) is 92.8 Å². The molecule has 36 heavy (non-hydrogen) atoms. The van der Waals surface area contributed by atoms with E-state index in [4.69, 9.17) is 0 Å². The lowest BCUT2D eigenvalue weighted by Crippen LogP contribution is -2.27. The van der Waals surface area contributed by atoms with Crippen molar-refractivity contribution in [2.75, 3.05) is 0 Å². The fourth-order valence-corrected chi connectivity index (χ4v) is 4.86. The number of fused-ring (bicyclic) bond motifs is 1. The second kappa shape index (κ2) is 9.96. The number of aliphatic hydroxyl groups excluding tert-OH is 1. The van der Waals surface area contributed by atoms with Crippen LogP contribution in [0, 0.1) is 10.1 Å². The molecule has 0 bridgehead atoms. The molecule has 1 aliphatic rings. The molecule has 0 amide bonds. The Bertz CT molecular complexity index is 1520. The molecule has 1 aliphatic carbocycles. The zero-order valence-corrected chi connectivity index (χ0v) is 19.5. The van der Waals surface area contributed by atoms with E-state index in [1.54, 1.807) is 18.2 Å². The van der Waals surface area contributed by atoms with E-state index in [2.05, 4.69) is 4.99 Å². The van der Waals surface area contributed by atoms with Gasteiger partial charge in [0.25, 0.3) is 5.69 Å². The smallest absolute Gasteiger partial charge is 0.294 e. The number of carbonyl (C=O) groups is 1. The Morgan fingerprint density at radius 2 is 1.58 bits per heavy atom. The van der Waals surface area contributed by atoms with Gasteiger partial charge in [-0.1, -0.05) is 84.9 Å². The van der Waals surface area contributed by atoms with Gasteiger partial charge in [0.05, 0.1) is 16.2 Å². The van der Waals surface area contributed by atoms with E-state index in [-0.39, 0.29) is 47.2 Å². The number of nitrogens with zero attached hydrogens (tertiary/aromatic N) is 2. The zero-order valence-electron chi connectivity index (χ0n) is 19.5. The number of allylic oxidation sites excluding steroid dienone is 2. The van der Waals surface area contributed by atoms with E-state index in [1.807, 2.05) is 72.8 Å². The van der Waals surface area contributed by atoms with Crippen molar-refractivity contribution < 1.29 is 14.8 Å². The number of aliphatic hydroxyl groups is 1.